The van der Waals surface area contributed by atoms with Crippen molar-refractivity contribution in [2.45, 2.75) is 45.0 Å². The van der Waals surface area contributed by atoms with E-state index >= 15 is 0 Å². The van der Waals surface area contributed by atoms with Crippen molar-refractivity contribution in [2.24, 2.45) is 0 Å². The third-order valence-corrected chi connectivity index (χ3v) is 5.62. The quantitative estimate of drug-likeness (QED) is 0.385. The first-order valence-corrected chi connectivity index (χ1v) is 11.1. The first-order chi connectivity index (χ1) is 16.4. The summed E-state index contributed by atoms with van der Waals surface area (Å²) in [6.45, 7) is 1.92. The van der Waals surface area contributed by atoms with E-state index in [0.29, 0.717) is 36.3 Å². The SMILES string of the molecule is COc1cc(C(CCc2ccc(CC(=O)O)cn2)OC(O)Cc2ccccc2)cc(OC)c1C. The molecule has 0 bridgehead atoms. The van der Waals surface area contributed by atoms with Gasteiger partial charge in [-0.25, -0.2) is 0 Å². The van der Waals surface area contributed by atoms with E-state index < -0.39 is 18.4 Å². The minimum Gasteiger partial charge on any atom is -0.496 e. The van der Waals surface area contributed by atoms with Crippen molar-refractivity contribution in [3.8, 4) is 11.5 Å². The third-order valence-electron chi connectivity index (χ3n) is 5.62. The Morgan fingerprint density at radius 3 is 2.24 bits per heavy atom. The molecule has 0 radical (unpaired) electrons. The number of aliphatic carboxylic acids is 1. The summed E-state index contributed by atoms with van der Waals surface area (Å²) in [7, 11) is 3.21. The van der Waals surface area contributed by atoms with Gasteiger partial charge >= 0.3 is 5.97 Å². The van der Waals surface area contributed by atoms with Crippen molar-refractivity contribution >= 4 is 5.97 Å². The van der Waals surface area contributed by atoms with Gasteiger partial charge in [-0.1, -0.05) is 36.4 Å². The first kappa shape index (κ1) is 25.2. The summed E-state index contributed by atoms with van der Waals surface area (Å²) in [5.41, 5.74) is 4.15. The molecule has 0 amide bonds. The summed E-state index contributed by atoms with van der Waals surface area (Å²) < 4.78 is 17.2. The molecule has 0 aliphatic carbocycles. The second-order valence-electron chi connectivity index (χ2n) is 8.09. The van der Waals surface area contributed by atoms with Gasteiger partial charge in [0.2, 0.25) is 0 Å². The number of pyridine rings is 1. The summed E-state index contributed by atoms with van der Waals surface area (Å²) >= 11 is 0. The van der Waals surface area contributed by atoms with Crippen LogP contribution in [0, 0.1) is 6.92 Å². The van der Waals surface area contributed by atoms with Crippen molar-refractivity contribution < 1.29 is 29.2 Å². The minimum absolute atomic E-state index is 0.0619. The van der Waals surface area contributed by atoms with Gasteiger partial charge in [-0.05, 0) is 54.7 Å². The summed E-state index contributed by atoms with van der Waals surface area (Å²) in [4.78, 5) is 15.3. The number of aryl methyl sites for hydroxylation is 1. The Morgan fingerprint density at radius 2 is 1.68 bits per heavy atom. The molecule has 2 atom stereocenters. The molecule has 1 heterocycles. The lowest BCUT2D eigenvalue weighted by atomic mass is 10.00. The van der Waals surface area contributed by atoms with E-state index in [9.17, 15) is 9.90 Å². The number of aliphatic hydroxyl groups excluding tert-OH is 1. The molecule has 2 unspecified atom stereocenters. The molecule has 3 aromatic rings. The van der Waals surface area contributed by atoms with Crippen LogP contribution in [-0.2, 0) is 28.8 Å². The fourth-order valence-electron chi connectivity index (χ4n) is 3.82. The molecule has 3 rings (SSSR count). The van der Waals surface area contributed by atoms with Gasteiger partial charge in [-0.2, -0.15) is 0 Å². The van der Waals surface area contributed by atoms with Crippen molar-refractivity contribution in [1.29, 1.82) is 0 Å². The van der Waals surface area contributed by atoms with Gasteiger partial charge in [-0.3, -0.25) is 9.78 Å². The average molecular weight is 466 g/mol. The number of methoxy groups -OCH3 is 2. The van der Waals surface area contributed by atoms with Gasteiger partial charge in [0.05, 0.1) is 26.7 Å². The van der Waals surface area contributed by atoms with Gasteiger partial charge in [0, 0.05) is 23.9 Å². The molecule has 0 saturated heterocycles. The maximum atomic E-state index is 10.9. The highest BCUT2D eigenvalue weighted by atomic mass is 16.6. The zero-order chi connectivity index (χ0) is 24.5. The smallest absolute Gasteiger partial charge is 0.307 e. The predicted molar refractivity (Wildman–Crippen MR) is 128 cm³/mol. The van der Waals surface area contributed by atoms with Gasteiger partial charge in [0.25, 0.3) is 0 Å². The molecular weight excluding hydrogens is 434 g/mol. The molecule has 0 aliphatic heterocycles. The standard InChI is InChI=1S/C27H31NO6/c1-18-24(32-2)15-21(16-25(18)33-3)23(34-27(31)14-19-7-5-4-6-8-19)12-11-22-10-9-20(17-28-22)13-26(29)30/h4-10,15-17,23,27,31H,11-14H2,1-3H3,(H,29,30). The summed E-state index contributed by atoms with van der Waals surface area (Å²) in [5.74, 6) is 0.464. The lowest BCUT2D eigenvalue weighted by Gasteiger charge is -2.24. The maximum Gasteiger partial charge on any atom is 0.307 e. The Kier molecular flexibility index (Phi) is 9.01. The molecule has 7 nitrogen and oxygen atoms in total. The van der Waals surface area contributed by atoms with Crippen LogP contribution in [0.3, 0.4) is 0 Å². The second-order valence-corrected chi connectivity index (χ2v) is 8.09. The molecule has 2 aromatic carbocycles. The van der Waals surface area contributed by atoms with E-state index in [1.165, 1.54) is 0 Å². The van der Waals surface area contributed by atoms with Gasteiger partial charge in [0.1, 0.15) is 11.5 Å². The number of carboxylic acid groups (broad SMARTS) is 1. The molecule has 0 aliphatic rings. The number of ether oxygens (including phenoxy) is 3. The van der Waals surface area contributed by atoms with Crippen molar-refractivity contribution in [3.05, 3.63) is 88.7 Å². The van der Waals surface area contributed by atoms with Crippen LogP contribution in [0.25, 0.3) is 0 Å². The Bertz CT molecular complexity index is 1040. The van der Waals surface area contributed by atoms with Gasteiger partial charge in [0.15, 0.2) is 6.29 Å². The van der Waals surface area contributed by atoms with Gasteiger partial charge < -0.3 is 24.4 Å². The topological polar surface area (TPSA) is 98.1 Å². The van der Waals surface area contributed by atoms with Crippen LogP contribution in [0.2, 0.25) is 0 Å². The maximum absolute atomic E-state index is 10.9. The number of carbonyl (C=O) groups is 1. The number of aliphatic hydroxyl groups is 1. The highest BCUT2D eigenvalue weighted by molar-refractivity contribution is 5.69. The van der Waals surface area contributed by atoms with Crippen LogP contribution in [0.15, 0.2) is 60.8 Å². The Balaban J connectivity index is 1.80. The number of hydrogen-bond donors (Lipinski definition) is 2. The van der Waals surface area contributed by atoms with E-state index in [1.807, 2.05) is 55.5 Å². The predicted octanol–water partition coefficient (Wildman–Crippen LogP) is 4.29. The van der Waals surface area contributed by atoms with Crippen LogP contribution >= 0.6 is 0 Å². The largest absolute Gasteiger partial charge is 0.496 e. The molecular formula is C27H31NO6. The molecule has 0 saturated carbocycles. The summed E-state index contributed by atoms with van der Waals surface area (Å²) in [6.07, 6.45) is 1.56. The summed E-state index contributed by atoms with van der Waals surface area (Å²) in [5, 5.41) is 19.6. The fourth-order valence-corrected chi connectivity index (χ4v) is 3.82. The van der Waals surface area contributed by atoms with Crippen LogP contribution in [-0.4, -0.2) is 41.7 Å². The van der Waals surface area contributed by atoms with Crippen LogP contribution in [0.1, 0.15) is 40.5 Å². The van der Waals surface area contributed by atoms with Crippen molar-refractivity contribution in [1.82, 2.24) is 4.98 Å². The van der Waals surface area contributed by atoms with E-state index in [1.54, 1.807) is 26.5 Å². The number of aromatic nitrogens is 1. The molecule has 0 fully saturated rings. The minimum atomic E-state index is -1.00. The Morgan fingerprint density at radius 1 is 1.00 bits per heavy atom. The molecule has 0 spiro atoms. The third kappa shape index (κ3) is 7.04. The zero-order valence-corrected chi connectivity index (χ0v) is 19.7. The van der Waals surface area contributed by atoms with Gasteiger partial charge in [-0.15, -0.1) is 0 Å². The number of rotatable bonds is 12. The van der Waals surface area contributed by atoms with Crippen LogP contribution in [0.5, 0.6) is 11.5 Å². The molecule has 180 valence electrons. The van der Waals surface area contributed by atoms with Crippen molar-refractivity contribution in [2.75, 3.05) is 14.2 Å². The average Bonchev–Trinajstić information content (AvgIpc) is 2.83. The first-order valence-electron chi connectivity index (χ1n) is 11.1. The fraction of sp³-hybridized carbons (Fsp3) is 0.333. The molecule has 1 aromatic heterocycles. The number of carboxylic acids is 1. The van der Waals surface area contributed by atoms with Crippen LogP contribution in [0.4, 0.5) is 0 Å². The zero-order valence-electron chi connectivity index (χ0n) is 19.7. The Labute approximate surface area is 200 Å². The number of hydrogen-bond acceptors (Lipinski definition) is 6. The number of nitrogens with zero attached hydrogens (tertiary/aromatic N) is 1. The van der Waals surface area contributed by atoms with Crippen LogP contribution < -0.4 is 9.47 Å². The highest BCUT2D eigenvalue weighted by Crippen LogP contribution is 2.35. The Hall–Kier alpha value is -3.42. The monoisotopic (exact) mass is 465 g/mol. The van der Waals surface area contributed by atoms with E-state index in [2.05, 4.69) is 4.98 Å². The normalized spacial score (nSPS) is 12.7. The molecule has 2 N–H and O–H groups in total. The van der Waals surface area contributed by atoms with E-state index in [0.717, 1.165) is 22.4 Å². The van der Waals surface area contributed by atoms with Crippen molar-refractivity contribution in [3.63, 3.8) is 0 Å². The number of benzene rings is 2. The lowest BCUT2D eigenvalue weighted by molar-refractivity contribution is -0.138. The molecule has 7 heteroatoms. The van der Waals surface area contributed by atoms with E-state index in [-0.39, 0.29) is 6.42 Å². The second kappa shape index (κ2) is 12.2. The lowest BCUT2D eigenvalue weighted by Crippen LogP contribution is -2.20. The highest BCUT2D eigenvalue weighted by Gasteiger charge is 2.21. The summed E-state index contributed by atoms with van der Waals surface area (Å²) in [6, 6.07) is 17.1. The molecule has 34 heavy (non-hydrogen) atoms. The van der Waals surface area contributed by atoms with E-state index in [4.69, 9.17) is 19.3 Å².